The van der Waals surface area contributed by atoms with Crippen LogP contribution in [0.1, 0.15) is 29.2 Å². The minimum atomic E-state index is -4.94. The maximum Gasteiger partial charge on any atom is 1.00 e. The Morgan fingerprint density at radius 3 is 2.15 bits per heavy atom. The summed E-state index contributed by atoms with van der Waals surface area (Å²) in [6.07, 6.45) is 3.04. The number of benzene rings is 2. The summed E-state index contributed by atoms with van der Waals surface area (Å²) >= 11 is 0. The van der Waals surface area contributed by atoms with Gasteiger partial charge in [-0.3, -0.25) is 14.4 Å². The first kappa shape index (κ1) is 33.1. The van der Waals surface area contributed by atoms with Crippen molar-refractivity contribution in [1.82, 2.24) is 10.6 Å². The average molecular weight is 579 g/mol. The van der Waals surface area contributed by atoms with Crippen LogP contribution in [0.15, 0.2) is 70.2 Å². The largest absolute Gasteiger partial charge is 1.00 e. The first-order valence-electron chi connectivity index (χ1n) is 11.7. The van der Waals surface area contributed by atoms with E-state index >= 15 is 0 Å². The second-order valence-corrected chi connectivity index (χ2v) is 10.3. The maximum atomic E-state index is 12.8. The number of nitrogens with one attached hydrogen (secondary N) is 2. The molecular weight excluding hydrogens is 551 g/mol. The van der Waals surface area contributed by atoms with Crippen molar-refractivity contribution in [2.45, 2.75) is 25.3 Å². The van der Waals surface area contributed by atoms with E-state index in [-0.39, 0.29) is 84.0 Å². The van der Waals surface area contributed by atoms with Gasteiger partial charge in [0, 0.05) is 29.8 Å². The van der Waals surface area contributed by atoms with Crippen LogP contribution in [0, 0.1) is 6.92 Å². The van der Waals surface area contributed by atoms with Gasteiger partial charge in [-0.1, -0.05) is 18.2 Å². The van der Waals surface area contributed by atoms with Crippen LogP contribution in [0.4, 0.5) is 0 Å². The number of allylic oxidation sites excluding steroid dienone is 4. The molecule has 0 fully saturated rings. The second kappa shape index (κ2) is 14.0. The minimum absolute atomic E-state index is 0. The third-order valence-corrected chi connectivity index (χ3v) is 6.81. The number of ketones is 1. The van der Waals surface area contributed by atoms with Gasteiger partial charge in [0.15, 0.2) is 5.78 Å². The number of carboxylic acids is 2. The number of phenolic OH excluding ortho intramolecular Hbond substituents is 1. The topological polar surface area (TPSA) is 193 Å². The van der Waals surface area contributed by atoms with E-state index in [9.17, 15) is 32.5 Å². The number of aryl methyl sites for hydroxylation is 1. The summed E-state index contributed by atoms with van der Waals surface area (Å²) in [4.78, 5) is 34.2. The Labute approximate surface area is 253 Å². The van der Waals surface area contributed by atoms with Gasteiger partial charge < -0.3 is 30.5 Å². The van der Waals surface area contributed by atoms with E-state index in [4.69, 9.17) is 10.2 Å². The predicted octanol–water partition coefficient (Wildman–Crippen LogP) is -1.29. The minimum Gasteiger partial charge on any atom is -0.744 e. The molecular formula is C27H27N2NaO9S. The molecule has 1 aliphatic carbocycles. The van der Waals surface area contributed by atoms with Crippen LogP contribution in [0.2, 0.25) is 0 Å². The van der Waals surface area contributed by atoms with Gasteiger partial charge in [-0.05, 0) is 72.0 Å². The zero-order valence-electron chi connectivity index (χ0n) is 22.1. The number of hydrogen-bond donors (Lipinski definition) is 5. The summed E-state index contributed by atoms with van der Waals surface area (Å²) < 4.78 is 36.7. The van der Waals surface area contributed by atoms with E-state index in [0.717, 1.165) is 0 Å². The molecule has 0 bridgehead atoms. The van der Waals surface area contributed by atoms with Gasteiger partial charge in [0.25, 0.3) is 0 Å². The molecule has 0 unspecified atom stereocenters. The summed E-state index contributed by atoms with van der Waals surface area (Å²) in [7, 11) is -4.94. The Bertz CT molecular complexity index is 1540. The molecule has 40 heavy (non-hydrogen) atoms. The molecule has 0 aromatic heterocycles. The Kier molecular flexibility index (Phi) is 11.6. The monoisotopic (exact) mass is 578 g/mol. The molecule has 0 aliphatic heterocycles. The molecule has 0 atom stereocenters. The Morgan fingerprint density at radius 2 is 1.55 bits per heavy atom. The molecule has 206 valence electrons. The van der Waals surface area contributed by atoms with Crippen molar-refractivity contribution in [1.29, 1.82) is 0 Å². The third kappa shape index (κ3) is 8.21. The van der Waals surface area contributed by atoms with Gasteiger partial charge >= 0.3 is 41.5 Å². The summed E-state index contributed by atoms with van der Waals surface area (Å²) in [5.74, 6) is -2.63. The second-order valence-electron chi connectivity index (χ2n) is 8.90. The van der Waals surface area contributed by atoms with Crippen molar-refractivity contribution in [3.05, 3.63) is 87.5 Å². The molecule has 1 aliphatic rings. The van der Waals surface area contributed by atoms with Gasteiger partial charge in [-0.25, -0.2) is 8.42 Å². The number of aliphatic carboxylic acids is 2. The van der Waals surface area contributed by atoms with Crippen molar-refractivity contribution in [3.8, 4) is 5.75 Å². The molecule has 11 nitrogen and oxygen atoms in total. The van der Waals surface area contributed by atoms with E-state index in [2.05, 4.69) is 10.6 Å². The summed E-state index contributed by atoms with van der Waals surface area (Å²) in [6, 6.07) is 8.71. The normalized spacial score (nSPS) is 14.6. The molecule has 5 N–H and O–H groups in total. The molecule has 3 rings (SSSR count). The fourth-order valence-corrected chi connectivity index (χ4v) is 4.92. The number of hydrogen-bond acceptors (Lipinski definition) is 9. The zero-order valence-corrected chi connectivity index (χ0v) is 25.0. The number of aromatic hydroxyl groups is 1. The first-order chi connectivity index (χ1) is 18.3. The van der Waals surface area contributed by atoms with Crippen LogP contribution in [-0.4, -0.2) is 65.6 Å². The fourth-order valence-electron chi connectivity index (χ4n) is 4.23. The fraction of sp³-hybridized carbons (Fsp3) is 0.222. The SMILES string of the molecule is CC1=C/C(=C(/c2cc(C)c(O)c(CNCC(=O)O)c2)c2ccccc2S(=O)(=O)[O-])C=C(CNCC(=O)O)C1=O.[Na+]. The van der Waals surface area contributed by atoms with Crippen LogP contribution >= 0.6 is 0 Å². The van der Waals surface area contributed by atoms with Gasteiger partial charge in [-0.2, -0.15) is 0 Å². The molecule has 0 saturated carbocycles. The number of phenols is 1. The Balaban J connectivity index is 0.00000560. The van der Waals surface area contributed by atoms with E-state index in [0.29, 0.717) is 27.8 Å². The quantitative estimate of drug-likeness (QED) is 0.157. The van der Waals surface area contributed by atoms with Crippen LogP contribution < -0.4 is 40.2 Å². The van der Waals surface area contributed by atoms with Crippen LogP contribution in [0.5, 0.6) is 5.75 Å². The molecule has 0 spiro atoms. The van der Waals surface area contributed by atoms with Crippen LogP contribution in [0.25, 0.3) is 5.57 Å². The molecule has 0 amide bonds. The van der Waals surface area contributed by atoms with E-state index in [1.807, 2.05) is 0 Å². The van der Waals surface area contributed by atoms with E-state index in [1.54, 1.807) is 32.0 Å². The van der Waals surface area contributed by atoms with Crippen molar-refractivity contribution in [3.63, 3.8) is 0 Å². The molecule has 2 aromatic carbocycles. The van der Waals surface area contributed by atoms with Crippen molar-refractivity contribution < 1.29 is 72.2 Å². The molecule has 0 heterocycles. The Morgan fingerprint density at radius 1 is 0.950 bits per heavy atom. The number of carboxylic acid groups (broad SMARTS) is 2. The number of rotatable bonds is 11. The van der Waals surface area contributed by atoms with Gasteiger partial charge in [-0.15, -0.1) is 0 Å². The number of carbonyl (C=O) groups excluding carboxylic acids is 1. The van der Waals surface area contributed by atoms with Crippen LogP contribution in [0.3, 0.4) is 0 Å². The number of Topliss-reactive ketones (excluding diaryl/α,β-unsaturated/α-hetero) is 1. The molecule has 13 heteroatoms. The first-order valence-corrected chi connectivity index (χ1v) is 13.1. The van der Waals surface area contributed by atoms with Gasteiger partial charge in [0.1, 0.15) is 15.9 Å². The van der Waals surface area contributed by atoms with E-state index < -0.39 is 27.0 Å². The summed E-state index contributed by atoms with van der Waals surface area (Å²) in [5.41, 5.74) is 2.37. The molecule has 0 saturated heterocycles. The zero-order chi connectivity index (χ0) is 28.9. The number of carbonyl (C=O) groups is 3. The van der Waals surface area contributed by atoms with Gasteiger partial charge in [0.05, 0.1) is 18.0 Å². The maximum absolute atomic E-state index is 12.8. The smallest absolute Gasteiger partial charge is 0.744 e. The van der Waals surface area contributed by atoms with Crippen molar-refractivity contribution >= 4 is 33.4 Å². The van der Waals surface area contributed by atoms with Crippen molar-refractivity contribution in [2.24, 2.45) is 0 Å². The van der Waals surface area contributed by atoms with Gasteiger partial charge in [0.2, 0.25) is 0 Å². The summed E-state index contributed by atoms with van der Waals surface area (Å²) in [5, 5.41) is 33.9. The third-order valence-electron chi connectivity index (χ3n) is 5.92. The molecule has 0 radical (unpaired) electrons. The standard InChI is InChI=1S/C27H28N2O9S.Na/c1-15-7-17(9-19(26(15)34)11-28-13-23(30)31)25(21-5-3-4-6-22(21)39(36,37)38)18-8-16(2)27(35)20(10-18)12-29-14-24(32)33;/h3-10,28-29,34H,11-14H2,1-2H3,(H,30,31)(H,32,33)(H,36,37,38);/q;+1/p-1/b25-18+;. The average Bonchev–Trinajstić information content (AvgIpc) is 2.84. The summed E-state index contributed by atoms with van der Waals surface area (Å²) in [6.45, 7) is 2.32. The Hall–Kier alpha value is -3.10. The van der Waals surface area contributed by atoms with Crippen molar-refractivity contribution in [2.75, 3.05) is 19.6 Å². The van der Waals surface area contributed by atoms with E-state index in [1.165, 1.54) is 30.4 Å². The van der Waals surface area contributed by atoms with Crippen LogP contribution in [-0.2, 0) is 31.0 Å². The predicted molar refractivity (Wildman–Crippen MR) is 140 cm³/mol. The molecule has 2 aromatic rings.